The molecule has 1 N–H and O–H groups in total. The predicted molar refractivity (Wildman–Crippen MR) is 62.9 cm³/mol. The minimum atomic E-state index is 0.0966. The molecule has 0 unspecified atom stereocenters. The number of Topliss-reactive ketones (excluding diaryl/α,β-unsaturated/α-hetero) is 1. The Labute approximate surface area is 95.8 Å². The molecule has 16 heavy (non-hydrogen) atoms. The van der Waals surface area contributed by atoms with Crippen LogP contribution in [0.5, 0.6) is 5.75 Å². The van der Waals surface area contributed by atoms with Gasteiger partial charge in [-0.2, -0.15) is 0 Å². The Morgan fingerprint density at radius 3 is 3.00 bits per heavy atom. The van der Waals surface area contributed by atoms with Gasteiger partial charge in [0.15, 0.2) is 5.78 Å². The number of ether oxygens (including phenoxy) is 1. The molecule has 1 aromatic rings. The van der Waals surface area contributed by atoms with Gasteiger partial charge in [-0.1, -0.05) is 12.1 Å². The summed E-state index contributed by atoms with van der Waals surface area (Å²) in [5.74, 6) is 1.63. The predicted octanol–water partition coefficient (Wildman–Crippen LogP) is 1.88. The summed E-state index contributed by atoms with van der Waals surface area (Å²) in [5.41, 5.74) is 0.711. The Hall–Kier alpha value is -1.35. The van der Waals surface area contributed by atoms with Crippen molar-refractivity contribution in [3.8, 4) is 5.75 Å². The van der Waals surface area contributed by atoms with Gasteiger partial charge in [-0.05, 0) is 37.9 Å². The number of carbonyl (C=O) groups excluding carboxylic acids is 1. The average molecular weight is 219 g/mol. The highest BCUT2D eigenvalue weighted by molar-refractivity contribution is 5.97. The first-order chi connectivity index (χ1) is 7.79. The molecule has 1 aromatic carbocycles. The summed E-state index contributed by atoms with van der Waals surface area (Å²) >= 11 is 0. The molecule has 1 saturated carbocycles. The first kappa shape index (κ1) is 11.1. The van der Waals surface area contributed by atoms with E-state index in [4.69, 9.17) is 4.74 Å². The van der Waals surface area contributed by atoms with Gasteiger partial charge in [0.25, 0.3) is 0 Å². The second-order valence-corrected chi connectivity index (χ2v) is 4.24. The molecule has 0 bridgehead atoms. The minimum Gasteiger partial charge on any atom is -0.493 e. The molecular formula is C13H17NO2. The first-order valence-electron chi connectivity index (χ1n) is 5.70. The third kappa shape index (κ3) is 3.07. The van der Waals surface area contributed by atoms with E-state index in [0.717, 1.165) is 18.3 Å². The Kier molecular flexibility index (Phi) is 3.57. The van der Waals surface area contributed by atoms with Crippen molar-refractivity contribution in [2.45, 2.75) is 12.8 Å². The van der Waals surface area contributed by atoms with Crippen molar-refractivity contribution >= 4 is 5.78 Å². The van der Waals surface area contributed by atoms with Crippen LogP contribution in [0.3, 0.4) is 0 Å². The molecule has 0 aromatic heterocycles. The highest BCUT2D eigenvalue weighted by Crippen LogP contribution is 2.29. The van der Waals surface area contributed by atoms with Crippen LogP contribution in [0.4, 0.5) is 0 Å². The maximum atomic E-state index is 11.6. The highest BCUT2D eigenvalue weighted by Gasteiger charge is 2.21. The van der Waals surface area contributed by atoms with Crippen LogP contribution in [0.2, 0.25) is 0 Å². The number of hydrogen-bond acceptors (Lipinski definition) is 3. The maximum Gasteiger partial charge on any atom is 0.176 e. The summed E-state index contributed by atoms with van der Waals surface area (Å²) in [6.45, 7) is 1.15. The second kappa shape index (κ2) is 5.12. The van der Waals surface area contributed by atoms with Crippen LogP contribution in [0.1, 0.15) is 23.2 Å². The maximum absolute atomic E-state index is 11.6. The first-order valence-corrected chi connectivity index (χ1v) is 5.70. The van der Waals surface area contributed by atoms with Crippen LogP contribution in [0.25, 0.3) is 0 Å². The fraction of sp³-hybridized carbons (Fsp3) is 0.462. The summed E-state index contributed by atoms with van der Waals surface area (Å²) in [5, 5.41) is 2.86. The van der Waals surface area contributed by atoms with Crippen molar-refractivity contribution in [1.82, 2.24) is 5.32 Å². The topological polar surface area (TPSA) is 38.3 Å². The minimum absolute atomic E-state index is 0.0966. The van der Waals surface area contributed by atoms with Crippen molar-refractivity contribution in [3.63, 3.8) is 0 Å². The molecule has 0 atom stereocenters. The summed E-state index contributed by atoms with van der Waals surface area (Å²) in [6, 6.07) is 7.41. The normalized spacial score (nSPS) is 14.8. The lowest BCUT2D eigenvalue weighted by molar-refractivity contribution is 0.0993. The molecule has 3 heteroatoms. The van der Waals surface area contributed by atoms with Crippen molar-refractivity contribution in [3.05, 3.63) is 29.8 Å². The molecule has 1 aliphatic carbocycles. The average Bonchev–Trinajstić information content (AvgIpc) is 3.11. The largest absolute Gasteiger partial charge is 0.493 e. The lowest BCUT2D eigenvalue weighted by Crippen LogP contribution is -2.18. The summed E-state index contributed by atoms with van der Waals surface area (Å²) in [4.78, 5) is 11.6. The van der Waals surface area contributed by atoms with Crippen molar-refractivity contribution < 1.29 is 9.53 Å². The fourth-order valence-corrected chi connectivity index (χ4v) is 1.52. The molecule has 3 nitrogen and oxygen atoms in total. The number of ketones is 1. The van der Waals surface area contributed by atoms with Gasteiger partial charge in [-0.15, -0.1) is 0 Å². The standard InChI is InChI=1S/C13H17NO2/c1-14-8-13(15)11-3-2-4-12(7-11)16-9-10-5-6-10/h2-4,7,10,14H,5-6,8-9H2,1H3. The van der Waals surface area contributed by atoms with Crippen LogP contribution in [-0.2, 0) is 0 Å². The zero-order valence-electron chi connectivity index (χ0n) is 9.53. The quantitative estimate of drug-likeness (QED) is 0.742. The van der Waals surface area contributed by atoms with Gasteiger partial charge >= 0.3 is 0 Å². The highest BCUT2D eigenvalue weighted by atomic mass is 16.5. The van der Waals surface area contributed by atoms with E-state index in [9.17, 15) is 4.79 Å². The van der Waals surface area contributed by atoms with Crippen molar-refractivity contribution in [2.24, 2.45) is 5.92 Å². The zero-order chi connectivity index (χ0) is 11.4. The molecule has 0 aliphatic heterocycles. The van der Waals surface area contributed by atoms with Gasteiger partial charge in [-0.3, -0.25) is 4.79 Å². The molecule has 2 rings (SSSR count). The summed E-state index contributed by atoms with van der Waals surface area (Å²) in [7, 11) is 1.77. The Balaban J connectivity index is 1.97. The van der Waals surface area contributed by atoms with Gasteiger partial charge in [0.05, 0.1) is 13.2 Å². The molecule has 1 aliphatic rings. The molecule has 1 fully saturated rings. The number of nitrogens with one attached hydrogen (secondary N) is 1. The third-order valence-electron chi connectivity index (χ3n) is 2.68. The van der Waals surface area contributed by atoms with Gasteiger partial charge in [0.2, 0.25) is 0 Å². The van der Waals surface area contributed by atoms with E-state index in [-0.39, 0.29) is 5.78 Å². The van der Waals surface area contributed by atoms with E-state index in [1.165, 1.54) is 12.8 Å². The van der Waals surface area contributed by atoms with Crippen molar-refractivity contribution in [1.29, 1.82) is 0 Å². The van der Waals surface area contributed by atoms with Gasteiger partial charge in [-0.25, -0.2) is 0 Å². The van der Waals surface area contributed by atoms with E-state index in [1.807, 2.05) is 24.3 Å². The SMILES string of the molecule is CNCC(=O)c1cccc(OCC2CC2)c1. The lowest BCUT2D eigenvalue weighted by Gasteiger charge is -2.06. The van der Waals surface area contributed by atoms with E-state index in [0.29, 0.717) is 12.1 Å². The van der Waals surface area contributed by atoms with Gasteiger partial charge < -0.3 is 10.1 Å². The molecule has 0 amide bonds. The number of hydrogen-bond donors (Lipinski definition) is 1. The second-order valence-electron chi connectivity index (χ2n) is 4.24. The molecule has 0 saturated heterocycles. The molecule has 0 heterocycles. The van der Waals surface area contributed by atoms with Crippen LogP contribution in [0.15, 0.2) is 24.3 Å². The summed E-state index contributed by atoms with van der Waals surface area (Å²) in [6.07, 6.45) is 2.55. The van der Waals surface area contributed by atoms with Crippen LogP contribution < -0.4 is 10.1 Å². The van der Waals surface area contributed by atoms with E-state index >= 15 is 0 Å². The van der Waals surface area contributed by atoms with Crippen LogP contribution in [-0.4, -0.2) is 26.0 Å². The summed E-state index contributed by atoms with van der Waals surface area (Å²) < 4.78 is 5.63. The molecule has 0 spiro atoms. The smallest absolute Gasteiger partial charge is 0.176 e. The molecule has 0 radical (unpaired) electrons. The van der Waals surface area contributed by atoms with Gasteiger partial charge in [0.1, 0.15) is 5.75 Å². The number of likely N-dealkylation sites (N-methyl/N-ethyl adjacent to an activating group) is 1. The van der Waals surface area contributed by atoms with Gasteiger partial charge in [0, 0.05) is 5.56 Å². The van der Waals surface area contributed by atoms with E-state index in [2.05, 4.69) is 5.32 Å². The number of benzene rings is 1. The van der Waals surface area contributed by atoms with E-state index in [1.54, 1.807) is 7.05 Å². The number of carbonyl (C=O) groups is 1. The fourth-order valence-electron chi connectivity index (χ4n) is 1.52. The molecular weight excluding hydrogens is 202 g/mol. The zero-order valence-corrected chi connectivity index (χ0v) is 9.53. The molecule has 86 valence electrons. The van der Waals surface area contributed by atoms with Crippen LogP contribution in [0, 0.1) is 5.92 Å². The third-order valence-corrected chi connectivity index (χ3v) is 2.68. The Morgan fingerprint density at radius 1 is 1.50 bits per heavy atom. The Morgan fingerprint density at radius 2 is 2.31 bits per heavy atom. The number of rotatable bonds is 6. The van der Waals surface area contributed by atoms with Crippen molar-refractivity contribution in [2.75, 3.05) is 20.2 Å². The van der Waals surface area contributed by atoms with Crippen LogP contribution >= 0.6 is 0 Å². The Bertz CT molecular complexity index is 372. The van der Waals surface area contributed by atoms with E-state index < -0.39 is 0 Å². The lowest BCUT2D eigenvalue weighted by atomic mass is 10.1. The monoisotopic (exact) mass is 219 g/mol.